The lowest BCUT2D eigenvalue weighted by Gasteiger charge is -2.32. The molecule has 1 aromatic heterocycles. The van der Waals surface area contributed by atoms with Crippen LogP contribution in [0.15, 0.2) is 30.3 Å². The van der Waals surface area contributed by atoms with Gasteiger partial charge in [-0.3, -0.25) is 0 Å². The van der Waals surface area contributed by atoms with Crippen LogP contribution in [0.3, 0.4) is 0 Å². The molecular formula is C25H27F4N3O3. The lowest BCUT2D eigenvalue weighted by Crippen LogP contribution is -2.41. The number of hydrogen-bond donors (Lipinski definition) is 1. The van der Waals surface area contributed by atoms with E-state index in [1.54, 1.807) is 19.1 Å². The highest BCUT2D eigenvalue weighted by molar-refractivity contribution is 5.91. The molecule has 0 radical (unpaired) electrons. The Morgan fingerprint density at radius 2 is 1.86 bits per heavy atom. The fourth-order valence-electron chi connectivity index (χ4n) is 4.20. The molecule has 1 saturated heterocycles. The number of fused-ring (bicyclic) bond motifs is 1. The Morgan fingerprint density at radius 3 is 2.51 bits per heavy atom. The Bertz CT molecular complexity index is 1220. The van der Waals surface area contributed by atoms with Crippen LogP contribution < -0.4 is 14.8 Å². The molecule has 35 heavy (non-hydrogen) atoms. The normalized spacial score (nSPS) is 16.5. The van der Waals surface area contributed by atoms with Crippen molar-refractivity contribution in [2.24, 2.45) is 0 Å². The molecule has 1 aliphatic heterocycles. The van der Waals surface area contributed by atoms with Crippen LogP contribution in [0, 0.1) is 12.7 Å². The predicted octanol–water partition coefficient (Wildman–Crippen LogP) is 6.05. The zero-order valence-corrected chi connectivity index (χ0v) is 19.9. The Hall–Kier alpha value is -3.14. The number of halogens is 4. The SMILES string of the molecule is COc1cc2nc(C)nc(NCc3cc(F)cc(C(F)(F)F)c3)c2cc1OC(C)(C)C1CCCO1. The monoisotopic (exact) mass is 493 g/mol. The van der Waals surface area contributed by atoms with Gasteiger partial charge in [-0.2, -0.15) is 13.2 Å². The van der Waals surface area contributed by atoms with Crippen molar-refractivity contribution >= 4 is 16.7 Å². The van der Waals surface area contributed by atoms with Crippen molar-refractivity contribution < 1.29 is 31.8 Å². The van der Waals surface area contributed by atoms with Crippen molar-refractivity contribution in [2.45, 2.75) is 58.0 Å². The molecule has 1 N–H and O–H groups in total. The minimum absolute atomic E-state index is 0.0734. The molecule has 2 heterocycles. The van der Waals surface area contributed by atoms with Gasteiger partial charge in [0, 0.05) is 24.6 Å². The highest BCUT2D eigenvalue weighted by Crippen LogP contribution is 2.38. The summed E-state index contributed by atoms with van der Waals surface area (Å²) in [5.74, 6) is 0.809. The first kappa shape index (κ1) is 25.0. The second-order valence-corrected chi connectivity index (χ2v) is 9.05. The van der Waals surface area contributed by atoms with E-state index in [-0.39, 0.29) is 18.2 Å². The molecule has 4 rings (SSSR count). The highest BCUT2D eigenvalue weighted by Gasteiger charge is 2.36. The number of nitrogens with one attached hydrogen (secondary N) is 1. The summed E-state index contributed by atoms with van der Waals surface area (Å²) in [5, 5.41) is 3.61. The lowest BCUT2D eigenvalue weighted by atomic mass is 9.99. The maximum atomic E-state index is 13.8. The first-order valence-electron chi connectivity index (χ1n) is 11.2. The number of ether oxygens (including phenoxy) is 3. The molecule has 0 saturated carbocycles. The summed E-state index contributed by atoms with van der Waals surface area (Å²) in [6.07, 6.45) is -2.88. The van der Waals surface area contributed by atoms with Crippen LogP contribution >= 0.6 is 0 Å². The first-order valence-corrected chi connectivity index (χ1v) is 11.2. The largest absolute Gasteiger partial charge is 0.493 e. The van der Waals surface area contributed by atoms with Gasteiger partial charge < -0.3 is 19.5 Å². The minimum atomic E-state index is -4.65. The summed E-state index contributed by atoms with van der Waals surface area (Å²) in [6.45, 7) is 6.20. The van der Waals surface area contributed by atoms with Gasteiger partial charge in [-0.1, -0.05) is 0 Å². The molecule has 1 aliphatic rings. The zero-order valence-electron chi connectivity index (χ0n) is 19.9. The summed E-state index contributed by atoms with van der Waals surface area (Å²) < 4.78 is 70.8. The second-order valence-electron chi connectivity index (χ2n) is 9.05. The minimum Gasteiger partial charge on any atom is -0.493 e. The third-order valence-corrected chi connectivity index (χ3v) is 5.92. The number of nitrogens with zero attached hydrogens (tertiary/aromatic N) is 2. The molecule has 1 fully saturated rings. The first-order chi connectivity index (χ1) is 16.5. The average molecular weight is 494 g/mol. The van der Waals surface area contributed by atoms with Gasteiger partial charge in [-0.15, -0.1) is 0 Å². The van der Waals surface area contributed by atoms with Gasteiger partial charge in [0.25, 0.3) is 0 Å². The summed E-state index contributed by atoms with van der Waals surface area (Å²) in [5.41, 5.74) is -0.984. The second kappa shape index (κ2) is 9.49. The van der Waals surface area contributed by atoms with Crippen molar-refractivity contribution in [3.8, 4) is 11.5 Å². The summed E-state index contributed by atoms with van der Waals surface area (Å²) in [6, 6.07) is 5.90. The zero-order chi connectivity index (χ0) is 25.4. The van der Waals surface area contributed by atoms with E-state index in [4.69, 9.17) is 14.2 Å². The Balaban J connectivity index is 1.68. The lowest BCUT2D eigenvalue weighted by molar-refractivity contribution is -0.137. The molecule has 0 aliphatic carbocycles. The molecular weight excluding hydrogens is 466 g/mol. The molecule has 2 aromatic carbocycles. The van der Waals surface area contributed by atoms with Crippen molar-refractivity contribution in [3.05, 3.63) is 53.1 Å². The number of rotatable bonds is 7. The Labute approximate surface area is 200 Å². The molecule has 3 aromatic rings. The number of benzene rings is 2. The van der Waals surface area contributed by atoms with Gasteiger partial charge >= 0.3 is 6.18 Å². The van der Waals surface area contributed by atoms with Crippen LogP contribution in [0.25, 0.3) is 10.9 Å². The molecule has 0 bridgehead atoms. The topological polar surface area (TPSA) is 65.5 Å². The summed E-state index contributed by atoms with van der Waals surface area (Å²) in [7, 11) is 1.53. The van der Waals surface area contributed by atoms with Crippen LogP contribution in [-0.4, -0.2) is 35.4 Å². The number of aromatic nitrogens is 2. The fraction of sp³-hybridized carbons (Fsp3) is 0.440. The molecule has 0 amide bonds. The van der Waals surface area contributed by atoms with E-state index in [0.717, 1.165) is 25.0 Å². The average Bonchev–Trinajstić information content (AvgIpc) is 3.32. The highest BCUT2D eigenvalue weighted by atomic mass is 19.4. The number of aryl methyl sites for hydroxylation is 1. The van der Waals surface area contributed by atoms with Crippen molar-refractivity contribution in [1.29, 1.82) is 0 Å². The molecule has 1 atom stereocenters. The number of methoxy groups -OCH3 is 1. The van der Waals surface area contributed by atoms with E-state index < -0.39 is 23.2 Å². The molecule has 188 valence electrons. The molecule has 6 nitrogen and oxygen atoms in total. The van der Waals surface area contributed by atoms with Crippen LogP contribution in [0.5, 0.6) is 11.5 Å². The maximum absolute atomic E-state index is 13.8. The van der Waals surface area contributed by atoms with Crippen molar-refractivity contribution in [3.63, 3.8) is 0 Å². The van der Waals surface area contributed by atoms with E-state index in [2.05, 4.69) is 15.3 Å². The smallest absolute Gasteiger partial charge is 0.416 e. The van der Waals surface area contributed by atoms with Crippen LogP contribution in [0.1, 0.15) is 43.6 Å². The standard InChI is InChI=1S/C25H27F4N3O3/c1-14-31-19-12-20(33-4)21(35-24(2,3)22-6-5-7-34-22)11-18(19)23(32-14)30-13-15-8-16(25(27,28)29)10-17(26)9-15/h8-12,22H,5-7,13H2,1-4H3,(H,30,31,32). The van der Waals surface area contributed by atoms with Gasteiger partial charge in [0.15, 0.2) is 11.5 Å². The van der Waals surface area contributed by atoms with Gasteiger partial charge in [0.05, 0.1) is 24.3 Å². The van der Waals surface area contributed by atoms with Crippen LogP contribution in [0.4, 0.5) is 23.4 Å². The van der Waals surface area contributed by atoms with E-state index >= 15 is 0 Å². The molecule has 10 heteroatoms. The predicted molar refractivity (Wildman–Crippen MR) is 123 cm³/mol. The van der Waals surface area contributed by atoms with Crippen LogP contribution in [-0.2, 0) is 17.5 Å². The summed E-state index contributed by atoms with van der Waals surface area (Å²) in [4.78, 5) is 8.88. The van der Waals surface area contributed by atoms with E-state index in [0.29, 0.717) is 46.7 Å². The van der Waals surface area contributed by atoms with Gasteiger partial charge in [-0.05, 0) is 63.4 Å². The van der Waals surface area contributed by atoms with Crippen molar-refractivity contribution in [2.75, 3.05) is 19.0 Å². The molecule has 0 spiro atoms. The van der Waals surface area contributed by atoms with E-state index in [1.165, 1.54) is 7.11 Å². The van der Waals surface area contributed by atoms with E-state index in [1.807, 2.05) is 13.8 Å². The van der Waals surface area contributed by atoms with Gasteiger partial charge in [0.1, 0.15) is 23.1 Å². The third-order valence-electron chi connectivity index (χ3n) is 5.92. The number of hydrogen-bond acceptors (Lipinski definition) is 6. The van der Waals surface area contributed by atoms with Crippen LogP contribution in [0.2, 0.25) is 0 Å². The summed E-state index contributed by atoms with van der Waals surface area (Å²) >= 11 is 0. The maximum Gasteiger partial charge on any atom is 0.416 e. The Kier molecular flexibility index (Phi) is 6.77. The third kappa shape index (κ3) is 5.58. The quantitative estimate of drug-likeness (QED) is 0.404. The van der Waals surface area contributed by atoms with Gasteiger partial charge in [0.2, 0.25) is 0 Å². The fourth-order valence-corrected chi connectivity index (χ4v) is 4.20. The van der Waals surface area contributed by atoms with Gasteiger partial charge in [-0.25, -0.2) is 14.4 Å². The van der Waals surface area contributed by atoms with Crippen molar-refractivity contribution in [1.82, 2.24) is 9.97 Å². The Morgan fingerprint density at radius 1 is 1.09 bits per heavy atom. The van der Waals surface area contributed by atoms with E-state index in [9.17, 15) is 17.6 Å². The molecule has 1 unspecified atom stereocenters. The number of alkyl halides is 3. The number of anilines is 1.